The van der Waals surface area contributed by atoms with E-state index in [4.69, 9.17) is 11.5 Å². The maximum absolute atomic E-state index is 11.1. The van der Waals surface area contributed by atoms with Crippen molar-refractivity contribution in [3.63, 3.8) is 0 Å². The van der Waals surface area contributed by atoms with Crippen molar-refractivity contribution in [3.05, 3.63) is 0 Å². The summed E-state index contributed by atoms with van der Waals surface area (Å²) >= 11 is 4.63. The summed E-state index contributed by atoms with van der Waals surface area (Å²) in [6, 6.07) is -0.672. The molecule has 5 N–H and O–H groups in total. The Bertz CT molecular complexity index is 264. The van der Waals surface area contributed by atoms with Crippen LogP contribution in [0.3, 0.4) is 0 Å². The quantitative estimate of drug-likeness (QED) is 0.234. The minimum absolute atomic E-state index is 0. The predicted molar refractivity (Wildman–Crippen MR) is 91.6 cm³/mol. The van der Waals surface area contributed by atoms with Crippen LogP contribution in [0.25, 0.3) is 0 Å². The van der Waals surface area contributed by atoms with Gasteiger partial charge in [0.1, 0.15) is 0 Å². The first-order valence-electron chi connectivity index (χ1n) is 7.15. The molecule has 0 aromatic carbocycles. The normalized spacial score (nSPS) is 11.0. The standard InChI is InChI=1S/C7H15N3O2S.C6H15P.Au/c8-5(1-2-6(9)11)7(12)10-3-4-13;1-4-7(5-2)6-3;/h5,13H,1-4,8H2,(H2,9,11)(H,10,12);4-6H2,1-3H3;/q;;+1. The van der Waals surface area contributed by atoms with E-state index in [1.165, 1.54) is 18.5 Å². The summed E-state index contributed by atoms with van der Waals surface area (Å²) in [7, 11) is 0.137. The fourth-order valence-electron chi connectivity index (χ4n) is 1.48. The molecule has 0 aliphatic carbocycles. The van der Waals surface area contributed by atoms with Crippen molar-refractivity contribution in [1.82, 2.24) is 5.32 Å². The summed E-state index contributed by atoms with van der Waals surface area (Å²) < 4.78 is 0. The molecule has 0 aromatic heterocycles. The number of rotatable bonds is 9. The van der Waals surface area contributed by atoms with Gasteiger partial charge in [0.2, 0.25) is 11.8 Å². The van der Waals surface area contributed by atoms with E-state index in [0.29, 0.717) is 12.3 Å². The molecular formula is C13H30AuN3O2PS+. The van der Waals surface area contributed by atoms with E-state index in [1.807, 2.05) is 0 Å². The monoisotopic (exact) mass is 520 g/mol. The van der Waals surface area contributed by atoms with Gasteiger partial charge in [-0.3, -0.25) is 9.59 Å². The van der Waals surface area contributed by atoms with Crippen LogP contribution in [0.2, 0.25) is 0 Å². The Hall–Kier alpha value is 0.420. The fourth-order valence-corrected chi connectivity index (χ4v) is 3.09. The van der Waals surface area contributed by atoms with Crippen LogP contribution >= 0.6 is 7.92 Å². The van der Waals surface area contributed by atoms with E-state index in [9.17, 15) is 9.59 Å². The largest absolute Gasteiger partial charge is 1.00 e. The van der Waals surface area contributed by atoms with E-state index >= 15 is 0 Å². The molecule has 0 spiro atoms. The van der Waals surface area contributed by atoms with Crippen LogP contribution in [0.4, 0.5) is 0 Å². The second-order valence-electron chi connectivity index (χ2n) is 4.42. The van der Waals surface area contributed by atoms with Crippen LogP contribution in [-0.4, -0.2) is 48.6 Å². The van der Waals surface area contributed by atoms with Gasteiger partial charge in [0.25, 0.3) is 0 Å². The van der Waals surface area contributed by atoms with E-state index in [-0.39, 0.29) is 49.1 Å². The second kappa shape index (κ2) is 18.5. The van der Waals surface area contributed by atoms with Gasteiger partial charge in [0.15, 0.2) is 0 Å². The van der Waals surface area contributed by atoms with Crippen molar-refractivity contribution >= 4 is 32.4 Å². The third-order valence-electron chi connectivity index (χ3n) is 2.94. The zero-order chi connectivity index (χ0) is 16.0. The zero-order valence-corrected chi connectivity index (χ0v) is 17.2. The Labute approximate surface area is 151 Å². The molecule has 0 saturated carbocycles. The van der Waals surface area contributed by atoms with Gasteiger partial charge >= 0.3 is 22.4 Å². The number of nitrogens with one attached hydrogen (secondary N) is 1. The molecule has 0 fully saturated rings. The fraction of sp³-hybridized carbons (Fsp3) is 0.846. The van der Waals surface area contributed by atoms with Crippen molar-refractivity contribution in [2.75, 3.05) is 30.8 Å². The maximum atomic E-state index is 11.1. The molecular weight excluding hydrogens is 490 g/mol. The maximum Gasteiger partial charge on any atom is 1.00 e. The summed E-state index contributed by atoms with van der Waals surface area (Å²) in [5.74, 6) is -0.286. The number of carbonyl (C=O) groups is 2. The molecule has 0 bridgehead atoms. The first-order chi connectivity index (χ1) is 9.42. The van der Waals surface area contributed by atoms with Crippen molar-refractivity contribution in [2.45, 2.75) is 39.7 Å². The first-order valence-corrected chi connectivity index (χ1v) is 9.85. The molecule has 8 heteroatoms. The Morgan fingerprint density at radius 2 is 1.67 bits per heavy atom. The van der Waals surface area contributed by atoms with Crippen molar-refractivity contribution in [1.29, 1.82) is 0 Å². The SMILES string of the molecule is CC[PH+](CC)CC.NC(=O)CCC(N)C(=O)NCC[S-].[Au+]. The van der Waals surface area contributed by atoms with Crippen LogP contribution in [0, 0.1) is 0 Å². The van der Waals surface area contributed by atoms with E-state index in [2.05, 4.69) is 38.7 Å². The van der Waals surface area contributed by atoms with Crippen molar-refractivity contribution in [2.24, 2.45) is 11.5 Å². The molecule has 0 radical (unpaired) electrons. The number of nitrogens with two attached hydrogens (primary N) is 2. The van der Waals surface area contributed by atoms with Crippen molar-refractivity contribution in [3.8, 4) is 0 Å². The number of carbonyl (C=O) groups excluding carboxylic acids is 2. The molecule has 130 valence electrons. The molecule has 0 heterocycles. The second-order valence-corrected chi connectivity index (χ2v) is 8.45. The van der Waals surface area contributed by atoms with Crippen LogP contribution < -0.4 is 16.8 Å². The Kier molecular flexibility index (Phi) is 23.2. The Morgan fingerprint density at radius 3 is 1.95 bits per heavy atom. The molecule has 0 aromatic rings. The molecule has 0 aliphatic rings. The zero-order valence-electron chi connectivity index (χ0n) is 13.2. The average molecular weight is 520 g/mol. The number of amides is 2. The summed E-state index contributed by atoms with van der Waals surface area (Å²) in [4.78, 5) is 21.4. The van der Waals surface area contributed by atoms with E-state index in [0.717, 1.165) is 0 Å². The minimum atomic E-state index is -0.672. The Morgan fingerprint density at radius 1 is 1.19 bits per heavy atom. The molecule has 0 saturated heterocycles. The van der Waals surface area contributed by atoms with Gasteiger partial charge < -0.3 is 29.4 Å². The third kappa shape index (κ3) is 18.4. The molecule has 1 unspecified atom stereocenters. The van der Waals surface area contributed by atoms with Gasteiger partial charge in [-0.2, -0.15) is 5.75 Å². The van der Waals surface area contributed by atoms with Gasteiger partial charge in [-0.1, -0.05) is 0 Å². The third-order valence-corrected chi connectivity index (χ3v) is 6.14. The van der Waals surface area contributed by atoms with Gasteiger partial charge in [0.05, 0.1) is 24.5 Å². The van der Waals surface area contributed by atoms with Gasteiger partial charge in [-0.05, 0) is 41.7 Å². The van der Waals surface area contributed by atoms with E-state index < -0.39 is 11.9 Å². The van der Waals surface area contributed by atoms with Gasteiger partial charge in [0, 0.05) is 6.42 Å². The first kappa shape index (κ1) is 26.3. The van der Waals surface area contributed by atoms with Gasteiger partial charge in [-0.25, -0.2) is 0 Å². The van der Waals surface area contributed by atoms with Crippen LogP contribution in [-0.2, 0) is 44.6 Å². The number of hydrogen-bond acceptors (Lipinski definition) is 4. The molecule has 1 atom stereocenters. The average Bonchev–Trinajstić information content (AvgIpc) is 2.44. The molecule has 5 nitrogen and oxygen atoms in total. The number of hydrogen-bond donors (Lipinski definition) is 3. The number of primary amides is 1. The van der Waals surface area contributed by atoms with Gasteiger partial charge in [-0.15, -0.1) is 0 Å². The summed E-state index contributed by atoms with van der Waals surface area (Å²) in [6.45, 7) is 7.35. The van der Waals surface area contributed by atoms with Crippen LogP contribution in [0.5, 0.6) is 0 Å². The topological polar surface area (TPSA) is 98.2 Å². The summed E-state index contributed by atoms with van der Waals surface area (Å²) in [5, 5.41) is 2.54. The molecule has 0 rings (SSSR count). The predicted octanol–water partition coefficient (Wildman–Crippen LogP) is 0.500. The molecule has 21 heavy (non-hydrogen) atoms. The summed E-state index contributed by atoms with van der Waals surface area (Å²) in [5.41, 5.74) is 10.4. The molecule has 0 aliphatic heterocycles. The minimum Gasteiger partial charge on any atom is -0.791 e. The van der Waals surface area contributed by atoms with Crippen LogP contribution in [0.1, 0.15) is 33.6 Å². The Balaban J connectivity index is -0.000000347. The van der Waals surface area contributed by atoms with Crippen LogP contribution in [0.15, 0.2) is 0 Å². The summed E-state index contributed by atoms with van der Waals surface area (Å²) in [6.07, 6.45) is 4.77. The van der Waals surface area contributed by atoms with Crippen molar-refractivity contribution < 1.29 is 32.0 Å². The molecule has 2 amide bonds. The smallest absolute Gasteiger partial charge is 0.791 e. The van der Waals surface area contributed by atoms with E-state index in [1.54, 1.807) is 0 Å².